The number of likely N-dealkylation sites (tertiary alicyclic amines) is 1. The molecule has 0 bridgehead atoms. The average molecular weight is 349 g/mol. The van der Waals surface area contributed by atoms with Crippen LogP contribution in [0, 0.1) is 19.8 Å². The van der Waals surface area contributed by atoms with Crippen LogP contribution in [0.2, 0.25) is 0 Å². The molecule has 1 aromatic rings. The molecule has 0 radical (unpaired) electrons. The van der Waals surface area contributed by atoms with Crippen molar-refractivity contribution in [2.45, 2.75) is 65.1 Å². The summed E-state index contributed by atoms with van der Waals surface area (Å²) in [6.07, 6.45) is 2.56. The first-order valence-electron chi connectivity index (χ1n) is 9.11. The molecule has 2 aliphatic rings. The third kappa shape index (κ3) is 3.29. The number of rotatable bonds is 5. The normalized spacial score (nSPS) is 27.1. The minimum atomic E-state index is -0.849. The first-order chi connectivity index (χ1) is 11.9. The maximum Gasteiger partial charge on any atom is 0.308 e. The fraction of sp³-hybridized carbons (Fsp3) is 0.722. The van der Waals surface area contributed by atoms with Crippen LogP contribution in [-0.4, -0.2) is 50.9 Å². The number of aliphatic carboxylic acids is 1. The Bertz CT molecular complexity index is 664. The van der Waals surface area contributed by atoms with E-state index in [2.05, 4.69) is 5.10 Å². The zero-order valence-electron chi connectivity index (χ0n) is 15.2. The SMILES string of the molecule is CCn1nc(C)c(C2C(C(=O)O)CCC(=O)N2CC2CCCO2)c1C. The topological polar surface area (TPSA) is 84.7 Å². The molecule has 3 rings (SSSR count). The summed E-state index contributed by atoms with van der Waals surface area (Å²) >= 11 is 0. The van der Waals surface area contributed by atoms with Gasteiger partial charge in [-0.3, -0.25) is 14.3 Å². The van der Waals surface area contributed by atoms with Crippen molar-refractivity contribution in [2.75, 3.05) is 13.2 Å². The Morgan fingerprint density at radius 1 is 1.36 bits per heavy atom. The molecule has 25 heavy (non-hydrogen) atoms. The minimum absolute atomic E-state index is 0.000766. The zero-order chi connectivity index (χ0) is 18.1. The van der Waals surface area contributed by atoms with Crippen LogP contribution >= 0.6 is 0 Å². The molecule has 7 heteroatoms. The molecular formula is C18H27N3O4. The lowest BCUT2D eigenvalue weighted by atomic mass is 9.83. The van der Waals surface area contributed by atoms with Gasteiger partial charge < -0.3 is 14.7 Å². The van der Waals surface area contributed by atoms with Crippen molar-refractivity contribution in [2.24, 2.45) is 5.92 Å². The standard InChI is InChI=1S/C18H27N3O4/c1-4-21-12(3)16(11(2)19-21)17-14(18(23)24)7-8-15(22)20(17)10-13-6-5-9-25-13/h13-14,17H,4-10H2,1-3H3,(H,23,24). The van der Waals surface area contributed by atoms with Crippen molar-refractivity contribution in [3.63, 3.8) is 0 Å². The van der Waals surface area contributed by atoms with E-state index in [1.54, 1.807) is 4.90 Å². The first kappa shape index (κ1) is 17.9. The van der Waals surface area contributed by atoms with Crippen molar-refractivity contribution in [3.8, 4) is 0 Å². The number of nitrogens with zero attached hydrogens (tertiary/aromatic N) is 3. The second-order valence-corrected chi connectivity index (χ2v) is 7.01. The maximum absolute atomic E-state index is 12.7. The number of piperidine rings is 1. The van der Waals surface area contributed by atoms with Gasteiger partial charge in [-0.25, -0.2) is 0 Å². The molecule has 2 aliphatic heterocycles. The molecule has 0 aromatic carbocycles. The van der Waals surface area contributed by atoms with E-state index in [1.165, 1.54) is 0 Å². The molecule has 7 nitrogen and oxygen atoms in total. The summed E-state index contributed by atoms with van der Waals surface area (Å²) in [5.41, 5.74) is 2.64. The molecule has 2 fully saturated rings. The Morgan fingerprint density at radius 2 is 2.12 bits per heavy atom. The summed E-state index contributed by atoms with van der Waals surface area (Å²) in [5.74, 6) is -1.44. The van der Waals surface area contributed by atoms with Crippen LogP contribution in [0.1, 0.15) is 55.6 Å². The van der Waals surface area contributed by atoms with Crippen molar-refractivity contribution >= 4 is 11.9 Å². The summed E-state index contributed by atoms with van der Waals surface area (Å²) in [4.78, 5) is 26.4. The molecule has 3 heterocycles. The Kier molecular flexibility index (Phi) is 5.13. The predicted molar refractivity (Wildman–Crippen MR) is 91.2 cm³/mol. The predicted octanol–water partition coefficient (Wildman–Crippen LogP) is 2.06. The lowest BCUT2D eigenvalue weighted by molar-refractivity contribution is -0.153. The third-order valence-corrected chi connectivity index (χ3v) is 5.48. The lowest BCUT2D eigenvalue weighted by Crippen LogP contribution is -2.48. The van der Waals surface area contributed by atoms with Gasteiger partial charge in [0.2, 0.25) is 5.91 Å². The zero-order valence-corrected chi connectivity index (χ0v) is 15.2. The number of aryl methyl sites for hydroxylation is 2. The number of carbonyl (C=O) groups excluding carboxylic acids is 1. The highest BCUT2D eigenvalue weighted by Gasteiger charge is 2.44. The number of carboxylic acid groups (broad SMARTS) is 1. The molecule has 0 aliphatic carbocycles. The Hall–Kier alpha value is -1.89. The number of carbonyl (C=O) groups is 2. The van der Waals surface area contributed by atoms with Crippen LogP contribution in [0.4, 0.5) is 0 Å². The van der Waals surface area contributed by atoms with E-state index >= 15 is 0 Å². The maximum atomic E-state index is 12.7. The van der Waals surface area contributed by atoms with E-state index in [9.17, 15) is 14.7 Å². The van der Waals surface area contributed by atoms with Crippen LogP contribution in [0.15, 0.2) is 0 Å². The summed E-state index contributed by atoms with van der Waals surface area (Å²) in [6, 6.07) is -0.469. The van der Waals surface area contributed by atoms with Crippen molar-refractivity contribution in [1.29, 1.82) is 0 Å². The number of hydrogen-bond acceptors (Lipinski definition) is 4. The van der Waals surface area contributed by atoms with Crippen LogP contribution in [-0.2, 0) is 20.9 Å². The second-order valence-electron chi connectivity index (χ2n) is 7.01. The molecule has 3 atom stereocenters. The summed E-state index contributed by atoms with van der Waals surface area (Å²) in [7, 11) is 0. The van der Waals surface area contributed by atoms with Crippen LogP contribution in [0.5, 0.6) is 0 Å². The molecule has 1 amide bonds. The molecule has 2 saturated heterocycles. The molecule has 138 valence electrons. The summed E-state index contributed by atoms with van der Waals surface area (Å²) in [6.45, 7) is 7.76. The van der Waals surface area contributed by atoms with Crippen LogP contribution in [0.3, 0.4) is 0 Å². The van der Waals surface area contributed by atoms with Crippen LogP contribution in [0.25, 0.3) is 0 Å². The average Bonchev–Trinajstić information content (AvgIpc) is 3.17. The van der Waals surface area contributed by atoms with E-state index in [1.807, 2.05) is 25.5 Å². The summed E-state index contributed by atoms with van der Waals surface area (Å²) < 4.78 is 7.59. The number of aromatic nitrogens is 2. The number of carboxylic acids is 1. The van der Waals surface area contributed by atoms with E-state index < -0.39 is 17.9 Å². The third-order valence-electron chi connectivity index (χ3n) is 5.48. The highest BCUT2D eigenvalue weighted by molar-refractivity contribution is 5.82. The van der Waals surface area contributed by atoms with Gasteiger partial charge in [0, 0.05) is 37.4 Å². The van der Waals surface area contributed by atoms with E-state index in [0.717, 1.165) is 36.3 Å². The monoisotopic (exact) mass is 349 g/mol. The van der Waals surface area contributed by atoms with Gasteiger partial charge in [0.15, 0.2) is 0 Å². The van der Waals surface area contributed by atoms with E-state index in [4.69, 9.17) is 4.74 Å². The molecule has 3 unspecified atom stereocenters. The van der Waals surface area contributed by atoms with Gasteiger partial charge in [0.05, 0.1) is 23.8 Å². The Morgan fingerprint density at radius 3 is 2.68 bits per heavy atom. The van der Waals surface area contributed by atoms with Gasteiger partial charge >= 0.3 is 5.97 Å². The molecule has 1 N–H and O–H groups in total. The highest BCUT2D eigenvalue weighted by atomic mass is 16.5. The van der Waals surface area contributed by atoms with Gasteiger partial charge in [0.1, 0.15) is 0 Å². The molecular weight excluding hydrogens is 322 g/mol. The van der Waals surface area contributed by atoms with Gasteiger partial charge in [-0.1, -0.05) is 0 Å². The Balaban J connectivity index is 2.02. The Labute approximate surface area is 147 Å². The number of ether oxygens (including phenoxy) is 1. The second kappa shape index (κ2) is 7.15. The quantitative estimate of drug-likeness (QED) is 0.879. The van der Waals surface area contributed by atoms with Gasteiger partial charge in [-0.05, 0) is 40.0 Å². The van der Waals surface area contributed by atoms with Crippen molar-refractivity contribution in [1.82, 2.24) is 14.7 Å². The number of amides is 1. The fourth-order valence-corrected chi connectivity index (χ4v) is 4.24. The van der Waals surface area contributed by atoms with Gasteiger partial charge in [0.25, 0.3) is 0 Å². The van der Waals surface area contributed by atoms with E-state index in [-0.39, 0.29) is 18.4 Å². The van der Waals surface area contributed by atoms with E-state index in [0.29, 0.717) is 19.6 Å². The smallest absolute Gasteiger partial charge is 0.308 e. The van der Waals surface area contributed by atoms with Crippen molar-refractivity contribution in [3.05, 3.63) is 17.0 Å². The lowest BCUT2D eigenvalue weighted by Gasteiger charge is -2.41. The first-order valence-corrected chi connectivity index (χ1v) is 9.11. The van der Waals surface area contributed by atoms with Crippen LogP contribution < -0.4 is 0 Å². The van der Waals surface area contributed by atoms with Gasteiger partial charge in [-0.15, -0.1) is 0 Å². The molecule has 0 spiro atoms. The largest absolute Gasteiger partial charge is 0.481 e. The fourth-order valence-electron chi connectivity index (χ4n) is 4.24. The minimum Gasteiger partial charge on any atom is -0.481 e. The van der Waals surface area contributed by atoms with Crippen molar-refractivity contribution < 1.29 is 19.4 Å². The molecule has 0 saturated carbocycles. The molecule has 1 aromatic heterocycles. The van der Waals surface area contributed by atoms with Gasteiger partial charge in [-0.2, -0.15) is 5.10 Å². The highest BCUT2D eigenvalue weighted by Crippen LogP contribution is 2.40. The number of hydrogen-bond donors (Lipinski definition) is 1. The summed E-state index contributed by atoms with van der Waals surface area (Å²) in [5, 5.41) is 14.3.